The molecule has 0 aliphatic carbocycles. The molecule has 25 heavy (non-hydrogen) atoms. The topological polar surface area (TPSA) is 70.7 Å². The van der Waals surface area contributed by atoms with Crippen LogP contribution in [0.15, 0.2) is 51.7 Å². The van der Waals surface area contributed by atoms with Gasteiger partial charge in [0.15, 0.2) is 5.58 Å². The van der Waals surface area contributed by atoms with Crippen molar-refractivity contribution in [2.75, 3.05) is 7.11 Å². The molecule has 0 amide bonds. The van der Waals surface area contributed by atoms with Crippen molar-refractivity contribution in [3.05, 3.63) is 64.1 Å². The Balaban J connectivity index is 1.80. The second-order valence-electron chi connectivity index (χ2n) is 5.80. The summed E-state index contributed by atoms with van der Waals surface area (Å²) in [4.78, 5) is 24.5. The molecule has 0 spiro atoms. The molecule has 0 saturated carbocycles. The highest BCUT2D eigenvalue weighted by Crippen LogP contribution is 2.22. The number of nitrogens with zero attached hydrogens (tertiary/aromatic N) is 1. The predicted molar refractivity (Wildman–Crippen MR) is 92.7 cm³/mol. The van der Waals surface area contributed by atoms with Crippen molar-refractivity contribution in [3.8, 4) is 5.75 Å². The smallest absolute Gasteiger partial charge is 0.420 e. The van der Waals surface area contributed by atoms with E-state index in [0.29, 0.717) is 16.8 Å². The first-order chi connectivity index (χ1) is 12.0. The zero-order valence-electron chi connectivity index (χ0n) is 14.3. The van der Waals surface area contributed by atoms with Gasteiger partial charge in [-0.2, -0.15) is 0 Å². The Morgan fingerprint density at radius 2 is 2.00 bits per heavy atom. The van der Waals surface area contributed by atoms with Gasteiger partial charge in [0.2, 0.25) is 0 Å². The number of oxazole rings is 1. The molecule has 2 aromatic carbocycles. The zero-order valence-corrected chi connectivity index (χ0v) is 14.3. The van der Waals surface area contributed by atoms with Crippen LogP contribution in [-0.2, 0) is 16.1 Å². The third-order valence-corrected chi connectivity index (χ3v) is 4.05. The number of fused-ring (bicyclic) bond motifs is 1. The minimum absolute atomic E-state index is 0.0680. The molecule has 6 nitrogen and oxygen atoms in total. The van der Waals surface area contributed by atoms with Gasteiger partial charge in [0.05, 0.1) is 12.6 Å². The van der Waals surface area contributed by atoms with Gasteiger partial charge < -0.3 is 13.9 Å². The second-order valence-corrected chi connectivity index (χ2v) is 5.80. The fourth-order valence-corrected chi connectivity index (χ4v) is 2.75. The Morgan fingerprint density at radius 1 is 1.24 bits per heavy atom. The number of ether oxygens (including phenoxy) is 2. The van der Waals surface area contributed by atoms with Gasteiger partial charge in [0, 0.05) is 5.56 Å². The van der Waals surface area contributed by atoms with Gasteiger partial charge in [-0.15, -0.1) is 0 Å². The molecule has 0 aliphatic heterocycles. The number of aromatic nitrogens is 1. The fourth-order valence-electron chi connectivity index (χ4n) is 2.75. The van der Waals surface area contributed by atoms with E-state index in [9.17, 15) is 9.59 Å². The fraction of sp³-hybridized carbons (Fsp3) is 0.263. The first-order valence-corrected chi connectivity index (χ1v) is 7.91. The number of aryl methyl sites for hydroxylation is 1. The van der Waals surface area contributed by atoms with Crippen LogP contribution in [0.2, 0.25) is 0 Å². The Labute approximate surface area is 144 Å². The van der Waals surface area contributed by atoms with E-state index in [2.05, 4.69) is 0 Å². The van der Waals surface area contributed by atoms with E-state index in [1.165, 1.54) is 4.57 Å². The van der Waals surface area contributed by atoms with E-state index in [1.807, 2.05) is 25.1 Å². The number of rotatable bonds is 5. The van der Waals surface area contributed by atoms with Crippen LogP contribution < -0.4 is 10.5 Å². The zero-order chi connectivity index (χ0) is 18.0. The number of esters is 1. The van der Waals surface area contributed by atoms with Crippen molar-refractivity contribution in [1.29, 1.82) is 0 Å². The average molecular weight is 341 g/mol. The minimum atomic E-state index is -0.799. The summed E-state index contributed by atoms with van der Waals surface area (Å²) in [5.74, 6) is -0.451. The van der Waals surface area contributed by atoms with Crippen molar-refractivity contribution in [2.45, 2.75) is 26.5 Å². The summed E-state index contributed by atoms with van der Waals surface area (Å²) in [6, 6.07) is 11.8. The molecule has 1 aromatic heterocycles. The number of carbonyl (C=O) groups excluding carboxylic acids is 1. The molecule has 0 aliphatic rings. The Morgan fingerprint density at radius 3 is 2.76 bits per heavy atom. The van der Waals surface area contributed by atoms with Gasteiger partial charge in [-0.1, -0.05) is 23.8 Å². The van der Waals surface area contributed by atoms with Crippen LogP contribution in [0.1, 0.15) is 24.1 Å². The maximum Gasteiger partial charge on any atom is 0.420 e. The quantitative estimate of drug-likeness (QED) is 0.667. The lowest BCUT2D eigenvalue weighted by Gasteiger charge is -2.14. The third-order valence-electron chi connectivity index (χ3n) is 4.05. The molecule has 3 rings (SSSR count). The number of para-hydroxylation sites is 2. The van der Waals surface area contributed by atoms with E-state index in [1.54, 1.807) is 38.3 Å². The van der Waals surface area contributed by atoms with Crippen LogP contribution in [0.4, 0.5) is 0 Å². The summed E-state index contributed by atoms with van der Waals surface area (Å²) in [5.41, 5.74) is 2.81. The summed E-state index contributed by atoms with van der Waals surface area (Å²) in [5, 5.41) is 0. The molecule has 3 aromatic rings. The molecule has 0 radical (unpaired) electrons. The van der Waals surface area contributed by atoms with E-state index >= 15 is 0 Å². The van der Waals surface area contributed by atoms with Crippen molar-refractivity contribution in [2.24, 2.45) is 0 Å². The lowest BCUT2D eigenvalue weighted by atomic mass is 10.1. The molecule has 0 saturated heterocycles. The highest BCUT2D eigenvalue weighted by atomic mass is 16.5. The lowest BCUT2D eigenvalue weighted by Crippen LogP contribution is -2.26. The lowest BCUT2D eigenvalue weighted by molar-refractivity contribution is -0.148. The maximum atomic E-state index is 12.4. The number of hydrogen-bond acceptors (Lipinski definition) is 5. The van der Waals surface area contributed by atoms with Gasteiger partial charge in [-0.25, -0.2) is 9.59 Å². The van der Waals surface area contributed by atoms with Gasteiger partial charge in [-0.05, 0) is 38.1 Å². The second kappa shape index (κ2) is 6.84. The Bertz CT molecular complexity index is 969. The molecular formula is C19H19NO5. The Hall–Kier alpha value is -3.02. The molecule has 130 valence electrons. The van der Waals surface area contributed by atoms with E-state index in [4.69, 9.17) is 13.9 Å². The van der Waals surface area contributed by atoms with Crippen LogP contribution in [0, 0.1) is 6.92 Å². The van der Waals surface area contributed by atoms with Crippen LogP contribution in [0.25, 0.3) is 11.1 Å². The molecule has 0 N–H and O–H groups in total. The molecule has 6 heteroatoms. The van der Waals surface area contributed by atoms with Crippen molar-refractivity contribution < 1.29 is 18.7 Å². The van der Waals surface area contributed by atoms with Crippen LogP contribution in [0.5, 0.6) is 5.75 Å². The molecule has 0 fully saturated rings. The number of benzene rings is 2. The van der Waals surface area contributed by atoms with Crippen LogP contribution in [-0.4, -0.2) is 17.6 Å². The molecular weight excluding hydrogens is 322 g/mol. The summed E-state index contributed by atoms with van der Waals surface area (Å²) in [6.45, 7) is 3.63. The third kappa shape index (κ3) is 3.28. The molecule has 0 bridgehead atoms. The normalized spacial score (nSPS) is 12.1. The standard InChI is InChI=1S/C19H19NO5/c1-12-8-9-16(23-3)14(10-12)11-24-18(21)13(2)20-15-6-4-5-7-17(15)25-19(20)22/h4-10,13H,11H2,1-3H3. The average Bonchev–Trinajstić information content (AvgIpc) is 2.94. The summed E-state index contributed by atoms with van der Waals surface area (Å²) < 4.78 is 17.1. The molecule has 1 unspecified atom stereocenters. The van der Waals surface area contributed by atoms with E-state index in [-0.39, 0.29) is 6.61 Å². The van der Waals surface area contributed by atoms with Gasteiger partial charge in [0.1, 0.15) is 18.4 Å². The van der Waals surface area contributed by atoms with Gasteiger partial charge >= 0.3 is 11.7 Å². The van der Waals surface area contributed by atoms with Crippen LogP contribution >= 0.6 is 0 Å². The van der Waals surface area contributed by atoms with Crippen molar-refractivity contribution >= 4 is 17.1 Å². The van der Waals surface area contributed by atoms with Crippen molar-refractivity contribution in [1.82, 2.24) is 4.57 Å². The Kier molecular flexibility index (Phi) is 4.61. The first kappa shape index (κ1) is 16.8. The highest BCUT2D eigenvalue weighted by molar-refractivity contribution is 5.79. The predicted octanol–water partition coefficient (Wildman–Crippen LogP) is 3.22. The van der Waals surface area contributed by atoms with Crippen LogP contribution in [0.3, 0.4) is 0 Å². The number of methoxy groups -OCH3 is 1. The summed E-state index contributed by atoms with van der Waals surface area (Å²) in [7, 11) is 1.57. The van der Waals surface area contributed by atoms with E-state index in [0.717, 1.165) is 11.1 Å². The number of hydrogen-bond donors (Lipinski definition) is 0. The summed E-state index contributed by atoms with van der Waals surface area (Å²) >= 11 is 0. The maximum absolute atomic E-state index is 12.4. The molecule has 1 atom stereocenters. The van der Waals surface area contributed by atoms with Gasteiger partial charge in [-0.3, -0.25) is 4.57 Å². The largest absolute Gasteiger partial charge is 0.496 e. The first-order valence-electron chi connectivity index (χ1n) is 7.91. The highest BCUT2D eigenvalue weighted by Gasteiger charge is 2.22. The minimum Gasteiger partial charge on any atom is -0.496 e. The SMILES string of the molecule is COc1ccc(C)cc1COC(=O)C(C)n1c(=O)oc2ccccc21. The monoisotopic (exact) mass is 341 g/mol. The van der Waals surface area contributed by atoms with Gasteiger partial charge in [0.25, 0.3) is 0 Å². The van der Waals surface area contributed by atoms with Crippen molar-refractivity contribution in [3.63, 3.8) is 0 Å². The van der Waals surface area contributed by atoms with E-state index < -0.39 is 17.8 Å². The molecule has 1 heterocycles. The number of carbonyl (C=O) groups is 1. The summed E-state index contributed by atoms with van der Waals surface area (Å²) in [6.07, 6.45) is 0.